The summed E-state index contributed by atoms with van der Waals surface area (Å²) in [5.41, 5.74) is 0. The molecule has 0 saturated heterocycles. The lowest BCUT2D eigenvalue weighted by molar-refractivity contribution is -0.136. The van der Waals surface area contributed by atoms with Crippen molar-refractivity contribution >= 4 is 5.97 Å². The highest BCUT2D eigenvalue weighted by Crippen LogP contribution is 2.01. The topological polar surface area (TPSA) is 58.6 Å². The molecule has 0 radical (unpaired) electrons. The smallest absolute Gasteiger partial charge is 0.304 e. The highest BCUT2D eigenvalue weighted by molar-refractivity contribution is 5.66. The van der Waals surface area contributed by atoms with Gasteiger partial charge in [0, 0.05) is 19.7 Å². The van der Waals surface area contributed by atoms with Crippen molar-refractivity contribution in [1.82, 2.24) is 5.32 Å². The van der Waals surface area contributed by atoms with Gasteiger partial charge in [-0.3, -0.25) is 4.79 Å². The summed E-state index contributed by atoms with van der Waals surface area (Å²) in [5.74, 6) is -0.318. The first-order valence-electron chi connectivity index (χ1n) is 4.52. The van der Waals surface area contributed by atoms with E-state index in [1.54, 1.807) is 7.11 Å². The molecule has 0 rings (SSSR count). The summed E-state index contributed by atoms with van der Waals surface area (Å²) in [6, 6.07) is 0.240. The van der Waals surface area contributed by atoms with Crippen LogP contribution < -0.4 is 5.32 Å². The third kappa shape index (κ3) is 6.54. The maximum absolute atomic E-state index is 10.2. The van der Waals surface area contributed by atoms with Crippen LogP contribution in [0.3, 0.4) is 0 Å². The van der Waals surface area contributed by atoms with E-state index in [1.165, 1.54) is 0 Å². The van der Waals surface area contributed by atoms with Crippen LogP contribution in [0.2, 0.25) is 0 Å². The minimum absolute atomic E-state index is 0.160. The molecule has 13 heavy (non-hydrogen) atoms. The van der Waals surface area contributed by atoms with E-state index in [0.29, 0.717) is 19.1 Å². The monoisotopic (exact) mass is 189 g/mol. The van der Waals surface area contributed by atoms with Crippen LogP contribution in [0.1, 0.15) is 20.3 Å². The zero-order valence-corrected chi connectivity index (χ0v) is 8.54. The number of methoxy groups -OCH3 is 1. The zero-order valence-electron chi connectivity index (χ0n) is 8.54. The van der Waals surface area contributed by atoms with Gasteiger partial charge in [0.2, 0.25) is 0 Å². The molecule has 0 saturated carbocycles. The van der Waals surface area contributed by atoms with Gasteiger partial charge in [0.25, 0.3) is 0 Å². The van der Waals surface area contributed by atoms with Crippen LogP contribution in [-0.2, 0) is 9.53 Å². The molecule has 0 heterocycles. The van der Waals surface area contributed by atoms with Gasteiger partial charge in [-0.1, -0.05) is 13.8 Å². The Morgan fingerprint density at radius 2 is 2.15 bits per heavy atom. The van der Waals surface area contributed by atoms with Gasteiger partial charge >= 0.3 is 5.97 Å². The standard InChI is InChI=1S/C9H19NO3/c1-7(2)8(6-13-3)10-5-4-9(11)12/h7-8,10H,4-6H2,1-3H3,(H,11,12). The number of ether oxygens (including phenoxy) is 1. The molecule has 0 bridgehead atoms. The number of aliphatic carboxylic acids is 1. The van der Waals surface area contributed by atoms with E-state index in [0.717, 1.165) is 0 Å². The Hall–Kier alpha value is -0.610. The molecule has 0 aromatic rings. The summed E-state index contributed by atoms with van der Waals surface area (Å²) in [4.78, 5) is 10.2. The van der Waals surface area contributed by atoms with Gasteiger partial charge in [-0.15, -0.1) is 0 Å². The van der Waals surface area contributed by atoms with E-state index in [9.17, 15) is 4.79 Å². The Labute approximate surface area is 79.3 Å². The summed E-state index contributed by atoms with van der Waals surface area (Å²) in [6.07, 6.45) is 0.160. The molecule has 0 aromatic carbocycles. The molecule has 2 N–H and O–H groups in total. The van der Waals surface area contributed by atoms with Crippen LogP contribution in [0.15, 0.2) is 0 Å². The van der Waals surface area contributed by atoms with Gasteiger partial charge < -0.3 is 15.2 Å². The molecule has 0 aromatic heterocycles. The normalized spacial score (nSPS) is 13.2. The van der Waals surface area contributed by atoms with Crippen molar-refractivity contribution in [3.05, 3.63) is 0 Å². The molecule has 0 amide bonds. The molecular weight excluding hydrogens is 170 g/mol. The summed E-state index contributed by atoms with van der Waals surface area (Å²) < 4.78 is 5.01. The van der Waals surface area contributed by atoms with Crippen molar-refractivity contribution in [2.24, 2.45) is 5.92 Å². The van der Waals surface area contributed by atoms with Crippen LogP contribution >= 0.6 is 0 Å². The lowest BCUT2D eigenvalue weighted by Gasteiger charge is -2.20. The Balaban J connectivity index is 3.62. The van der Waals surface area contributed by atoms with E-state index in [2.05, 4.69) is 19.2 Å². The minimum Gasteiger partial charge on any atom is -0.481 e. The molecular formula is C9H19NO3. The van der Waals surface area contributed by atoms with Crippen molar-refractivity contribution in [3.8, 4) is 0 Å². The molecule has 4 heteroatoms. The van der Waals surface area contributed by atoms with E-state index < -0.39 is 5.97 Å². The molecule has 4 nitrogen and oxygen atoms in total. The van der Waals surface area contributed by atoms with Crippen LogP contribution in [0.25, 0.3) is 0 Å². The van der Waals surface area contributed by atoms with Crippen molar-refractivity contribution in [2.45, 2.75) is 26.3 Å². The number of nitrogens with one attached hydrogen (secondary N) is 1. The SMILES string of the molecule is COCC(NCCC(=O)O)C(C)C. The van der Waals surface area contributed by atoms with Crippen molar-refractivity contribution < 1.29 is 14.6 Å². The van der Waals surface area contributed by atoms with Gasteiger partial charge in [-0.25, -0.2) is 0 Å². The predicted octanol–water partition coefficient (Wildman–Crippen LogP) is 0.722. The zero-order chi connectivity index (χ0) is 10.3. The Morgan fingerprint density at radius 1 is 1.54 bits per heavy atom. The highest BCUT2D eigenvalue weighted by atomic mass is 16.5. The quantitative estimate of drug-likeness (QED) is 0.619. The van der Waals surface area contributed by atoms with Crippen molar-refractivity contribution in [2.75, 3.05) is 20.3 Å². The highest BCUT2D eigenvalue weighted by Gasteiger charge is 2.12. The first-order valence-corrected chi connectivity index (χ1v) is 4.52. The molecule has 1 unspecified atom stereocenters. The number of carboxylic acid groups (broad SMARTS) is 1. The second kappa shape index (κ2) is 6.86. The van der Waals surface area contributed by atoms with E-state index in [-0.39, 0.29) is 12.5 Å². The molecule has 0 aliphatic rings. The first kappa shape index (κ1) is 12.4. The number of hydrogen-bond acceptors (Lipinski definition) is 3. The van der Waals surface area contributed by atoms with Crippen LogP contribution in [0, 0.1) is 5.92 Å². The molecule has 0 aliphatic carbocycles. The van der Waals surface area contributed by atoms with E-state index in [4.69, 9.17) is 9.84 Å². The third-order valence-corrected chi connectivity index (χ3v) is 1.90. The fourth-order valence-electron chi connectivity index (χ4n) is 1.03. The van der Waals surface area contributed by atoms with Gasteiger partial charge in [0.1, 0.15) is 0 Å². The molecule has 78 valence electrons. The van der Waals surface area contributed by atoms with Crippen LogP contribution in [0.4, 0.5) is 0 Å². The number of carbonyl (C=O) groups is 1. The number of carboxylic acids is 1. The van der Waals surface area contributed by atoms with Gasteiger partial charge in [0.15, 0.2) is 0 Å². The second-order valence-electron chi connectivity index (χ2n) is 3.40. The molecule has 0 fully saturated rings. The van der Waals surface area contributed by atoms with Gasteiger partial charge in [-0.2, -0.15) is 0 Å². The van der Waals surface area contributed by atoms with Crippen LogP contribution in [-0.4, -0.2) is 37.4 Å². The molecule has 0 spiro atoms. The average Bonchev–Trinajstić information content (AvgIpc) is 2.02. The van der Waals surface area contributed by atoms with Gasteiger partial charge in [-0.05, 0) is 5.92 Å². The lowest BCUT2D eigenvalue weighted by atomic mass is 10.1. The van der Waals surface area contributed by atoms with E-state index >= 15 is 0 Å². The molecule has 0 aliphatic heterocycles. The largest absolute Gasteiger partial charge is 0.481 e. The number of hydrogen-bond donors (Lipinski definition) is 2. The summed E-state index contributed by atoms with van der Waals surface area (Å²) in [6.45, 7) is 5.29. The Morgan fingerprint density at radius 3 is 2.54 bits per heavy atom. The third-order valence-electron chi connectivity index (χ3n) is 1.90. The first-order chi connectivity index (χ1) is 6.07. The van der Waals surface area contributed by atoms with Crippen molar-refractivity contribution in [3.63, 3.8) is 0 Å². The van der Waals surface area contributed by atoms with E-state index in [1.807, 2.05) is 0 Å². The van der Waals surface area contributed by atoms with Gasteiger partial charge in [0.05, 0.1) is 13.0 Å². The van der Waals surface area contributed by atoms with Crippen LogP contribution in [0.5, 0.6) is 0 Å². The maximum Gasteiger partial charge on any atom is 0.304 e. The predicted molar refractivity (Wildman–Crippen MR) is 50.8 cm³/mol. The minimum atomic E-state index is -0.771. The number of rotatable bonds is 7. The Kier molecular flexibility index (Phi) is 6.54. The second-order valence-corrected chi connectivity index (χ2v) is 3.40. The molecule has 1 atom stereocenters. The summed E-state index contributed by atoms with van der Waals surface area (Å²) >= 11 is 0. The van der Waals surface area contributed by atoms with Crippen molar-refractivity contribution in [1.29, 1.82) is 0 Å². The lowest BCUT2D eigenvalue weighted by Crippen LogP contribution is -2.38. The maximum atomic E-state index is 10.2. The summed E-state index contributed by atoms with van der Waals surface area (Å²) in [7, 11) is 1.65. The fourth-order valence-corrected chi connectivity index (χ4v) is 1.03. The Bertz CT molecular complexity index is 148. The summed E-state index contributed by atoms with van der Waals surface area (Å²) in [5, 5.41) is 11.6. The fraction of sp³-hybridized carbons (Fsp3) is 0.889. The average molecular weight is 189 g/mol.